The standard InChI is InChI=1S/C14H15FN2O2S/c1-10-13(15)7-11(9-16)8-14(10)20(18,19)17-12-5-3-2-4-6-12/h2-8,17H,9,16H2,1H3. The van der Waals surface area contributed by atoms with Crippen LogP contribution >= 0.6 is 0 Å². The summed E-state index contributed by atoms with van der Waals surface area (Å²) in [6.45, 7) is 1.50. The van der Waals surface area contributed by atoms with Crippen LogP contribution in [0, 0.1) is 12.7 Å². The van der Waals surface area contributed by atoms with Crippen LogP contribution in [0.2, 0.25) is 0 Å². The Bertz CT molecular complexity index is 715. The zero-order valence-corrected chi connectivity index (χ0v) is 11.7. The van der Waals surface area contributed by atoms with E-state index in [0.717, 1.165) is 0 Å². The van der Waals surface area contributed by atoms with E-state index in [0.29, 0.717) is 11.3 Å². The fourth-order valence-electron chi connectivity index (χ4n) is 1.82. The highest BCUT2D eigenvalue weighted by Crippen LogP contribution is 2.23. The highest BCUT2D eigenvalue weighted by Gasteiger charge is 2.20. The number of benzene rings is 2. The van der Waals surface area contributed by atoms with Crippen LogP contribution in [0.15, 0.2) is 47.4 Å². The van der Waals surface area contributed by atoms with Gasteiger partial charge in [0.05, 0.1) is 4.90 Å². The van der Waals surface area contributed by atoms with Crippen molar-refractivity contribution in [3.63, 3.8) is 0 Å². The first-order valence-electron chi connectivity index (χ1n) is 6.01. The minimum atomic E-state index is -3.84. The summed E-state index contributed by atoms with van der Waals surface area (Å²) >= 11 is 0. The Labute approximate surface area is 117 Å². The average molecular weight is 294 g/mol. The van der Waals surface area contributed by atoms with Gasteiger partial charge in [0.25, 0.3) is 10.0 Å². The smallest absolute Gasteiger partial charge is 0.262 e. The Morgan fingerprint density at radius 1 is 1.20 bits per heavy atom. The molecule has 0 saturated heterocycles. The Kier molecular flexibility index (Phi) is 4.06. The van der Waals surface area contributed by atoms with Gasteiger partial charge in [-0.15, -0.1) is 0 Å². The maximum atomic E-state index is 13.7. The number of sulfonamides is 1. The molecule has 0 aliphatic rings. The summed E-state index contributed by atoms with van der Waals surface area (Å²) in [5, 5.41) is 0. The van der Waals surface area contributed by atoms with E-state index in [1.807, 2.05) is 0 Å². The molecule has 4 nitrogen and oxygen atoms in total. The maximum Gasteiger partial charge on any atom is 0.262 e. The number of hydrogen-bond donors (Lipinski definition) is 2. The van der Waals surface area contributed by atoms with Gasteiger partial charge in [-0.1, -0.05) is 18.2 Å². The summed E-state index contributed by atoms with van der Waals surface area (Å²) in [7, 11) is -3.84. The van der Waals surface area contributed by atoms with Gasteiger partial charge in [-0.25, -0.2) is 12.8 Å². The molecule has 0 saturated carbocycles. The number of hydrogen-bond acceptors (Lipinski definition) is 3. The van der Waals surface area contributed by atoms with E-state index in [1.54, 1.807) is 30.3 Å². The van der Waals surface area contributed by atoms with Crippen molar-refractivity contribution >= 4 is 15.7 Å². The molecule has 0 bridgehead atoms. The molecule has 0 spiro atoms. The van der Waals surface area contributed by atoms with Crippen LogP contribution in [-0.2, 0) is 16.6 Å². The van der Waals surface area contributed by atoms with Crippen molar-refractivity contribution in [2.24, 2.45) is 5.73 Å². The van der Waals surface area contributed by atoms with Crippen molar-refractivity contribution in [1.82, 2.24) is 0 Å². The predicted octanol–water partition coefficient (Wildman–Crippen LogP) is 2.39. The van der Waals surface area contributed by atoms with E-state index < -0.39 is 15.8 Å². The molecular weight excluding hydrogens is 279 g/mol. The molecule has 0 amide bonds. The minimum Gasteiger partial charge on any atom is -0.326 e. The number of rotatable bonds is 4. The monoisotopic (exact) mass is 294 g/mol. The van der Waals surface area contributed by atoms with Crippen LogP contribution in [0.4, 0.5) is 10.1 Å². The largest absolute Gasteiger partial charge is 0.326 e. The van der Waals surface area contributed by atoms with Gasteiger partial charge >= 0.3 is 0 Å². The van der Waals surface area contributed by atoms with Crippen molar-refractivity contribution in [1.29, 1.82) is 0 Å². The molecule has 20 heavy (non-hydrogen) atoms. The fraction of sp³-hybridized carbons (Fsp3) is 0.143. The molecule has 0 fully saturated rings. The number of nitrogens with two attached hydrogens (primary N) is 1. The molecule has 0 atom stereocenters. The molecule has 6 heteroatoms. The molecule has 0 aliphatic heterocycles. The van der Waals surface area contributed by atoms with Crippen molar-refractivity contribution < 1.29 is 12.8 Å². The number of halogens is 1. The third-order valence-electron chi connectivity index (χ3n) is 2.91. The summed E-state index contributed by atoms with van der Waals surface area (Å²) in [6.07, 6.45) is 0. The normalized spacial score (nSPS) is 11.3. The lowest BCUT2D eigenvalue weighted by molar-refractivity contribution is 0.589. The molecule has 3 N–H and O–H groups in total. The van der Waals surface area contributed by atoms with Gasteiger partial charge in [-0.2, -0.15) is 0 Å². The zero-order chi connectivity index (χ0) is 14.8. The van der Waals surface area contributed by atoms with Gasteiger partial charge in [0.2, 0.25) is 0 Å². The zero-order valence-electron chi connectivity index (χ0n) is 10.9. The quantitative estimate of drug-likeness (QED) is 0.909. The molecular formula is C14H15FN2O2S. The maximum absolute atomic E-state index is 13.7. The summed E-state index contributed by atoms with van der Waals surface area (Å²) in [5.74, 6) is -0.582. The SMILES string of the molecule is Cc1c(F)cc(CN)cc1S(=O)(=O)Nc1ccccc1. The summed E-state index contributed by atoms with van der Waals surface area (Å²) in [6, 6.07) is 11.1. The second-order valence-electron chi connectivity index (χ2n) is 4.38. The minimum absolute atomic E-state index is 0.0745. The molecule has 2 aromatic rings. The van der Waals surface area contributed by atoms with E-state index in [2.05, 4.69) is 4.72 Å². The average Bonchev–Trinajstić information content (AvgIpc) is 2.42. The van der Waals surface area contributed by atoms with Crippen LogP contribution in [0.3, 0.4) is 0 Å². The molecule has 2 aromatic carbocycles. The van der Waals surface area contributed by atoms with E-state index in [-0.39, 0.29) is 17.0 Å². The first-order valence-corrected chi connectivity index (χ1v) is 7.49. The lowest BCUT2D eigenvalue weighted by atomic mass is 10.1. The predicted molar refractivity (Wildman–Crippen MR) is 76.3 cm³/mol. The molecule has 0 unspecified atom stereocenters. The Balaban J connectivity index is 2.47. The molecule has 2 rings (SSSR count). The van der Waals surface area contributed by atoms with Gasteiger partial charge in [0.15, 0.2) is 0 Å². The summed E-state index contributed by atoms with van der Waals surface area (Å²) in [4.78, 5) is -0.0956. The first kappa shape index (κ1) is 14.5. The Morgan fingerprint density at radius 3 is 2.45 bits per heavy atom. The third kappa shape index (κ3) is 2.97. The van der Waals surface area contributed by atoms with Crippen molar-refractivity contribution in [3.05, 3.63) is 59.4 Å². The number of nitrogens with one attached hydrogen (secondary N) is 1. The van der Waals surface area contributed by atoms with Gasteiger partial charge < -0.3 is 5.73 Å². The Morgan fingerprint density at radius 2 is 1.85 bits per heavy atom. The van der Waals surface area contributed by atoms with E-state index in [4.69, 9.17) is 5.73 Å². The van der Waals surface area contributed by atoms with Gasteiger partial charge in [0.1, 0.15) is 5.82 Å². The highest BCUT2D eigenvalue weighted by molar-refractivity contribution is 7.92. The number of anilines is 1. The molecule has 0 radical (unpaired) electrons. The molecule has 0 aliphatic carbocycles. The lowest BCUT2D eigenvalue weighted by Gasteiger charge is -2.12. The van der Waals surface area contributed by atoms with E-state index in [1.165, 1.54) is 19.1 Å². The van der Waals surface area contributed by atoms with Crippen LogP contribution in [0.25, 0.3) is 0 Å². The van der Waals surface area contributed by atoms with Crippen LogP contribution in [0.5, 0.6) is 0 Å². The number of para-hydroxylation sites is 1. The second kappa shape index (κ2) is 5.60. The lowest BCUT2D eigenvalue weighted by Crippen LogP contribution is -2.16. The molecule has 0 aromatic heterocycles. The van der Waals surface area contributed by atoms with Gasteiger partial charge in [0, 0.05) is 17.8 Å². The van der Waals surface area contributed by atoms with Crippen molar-refractivity contribution in [2.75, 3.05) is 4.72 Å². The van der Waals surface area contributed by atoms with Gasteiger partial charge in [-0.3, -0.25) is 4.72 Å². The summed E-state index contributed by atoms with van der Waals surface area (Å²) in [5.41, 5.74) is 6.38. The second-order valence-corrected chi connectivity index (χ2v) is 6.03. The van der Waals surface area contributed by atoms with Crippen LogP contribution in [0.1, 0.15) is 11.1 Å². The first-order chi connectivity index (χ1) is 9.44. The summed E-state index contributed by atoms with van der Waals surface area (Å²) < 4.78 is 40.8. The van der Waals surface area contributed by atoms with Crippen molar-refractivity contribution in [3.8, 4) is 0 Å². The fourth-order valence-corrected chi connectivity index (χ4v) is 3.18. The van der Waals surface area contributed by atoms with E-state index >= 15 is 0 Å². The highest BCUT2D eigenvalue weighted by atomic mass is 32.2. The van der Waals surface area contributed by atoms with Gasteiger partial charge in [-0.05, 0) is 36.8 Å². The topological polar surface area (TPSA) is 72.2 Å². The Hall–Kier alpha value is -1.92. The van der Waals surface area contributed by atoms with Crippen LogP contribution < -0.4 is 10.5 Å². The molecule has 106 valence electrons. The third-order valence-corrected chi connectivity index (χ3v) is 4.42. The van der Waals surface area contributed by atoms with Crippen molar-refractivity contribution in [2.45, 2.75) is 18.4 Å². The van der Waals surface area contributed by atoms with Crippen LogP contribution in [-0.4, -0.2) is 8.42 Å². The molecule has 0 heterocycles. The van der Waals surface area contributed by atoms with E-state index in [9.17, 15) is 12.8 Å².